The summed E-state index contributed by atoms with van der Waals surface area (Å²) in [7, 11) is 1.31. The first-order valence-corrected chi connectivity index (χ1v) is 10.0. The second-order valence-electron chi connectivity index (χ2n) is 6.02. The van der Waals surface area contributed by atoms with E-state index in [0.717, 1.165) is 11.3 Å². The number of halogens is 1. The van der Waals surface area contributed by atoms with Gasteiger partial charge in [0.2, 0.25) is 5.76 Å². The highest BCUT2D eigenvalue weighted by atomic mass is 35.5. The molecule has 0 aliphatic carbocycles. The van der Waals surface area contributed by atoms with Gasteiger partial charge in [0.25, 0.3) is 0 Å². The molecule has 148 valence electrons. The fourth-order valence-electron chi connectivity index (χ4n) is 2.71. The Bertz CT molecular complexity index is 1100. The van der Waals surface area contributed by atoms with Gasteiger partial charge in [-0.3, -0.25) is 4.57 Å². The lowest BCUT2D eigenvalue weighted by atomic mass is 10.2. The third-order valence-corrected chi connectivity index (χ3v) is 5.35. The van der Waals surface area contributed by atoms with Crippen molar-refractivity contribution in [2.75, 3.05) is 7.11 Å². The van der Waals surface area contributed by atoms with Crippen LogP contribution in [0, 0.1) is 0 Å². The standard InChI is InChI=1S/C20H16ClN3O4S/c1-26-19(25)17-9-8-16(28-17)12-29-20-23-22-18(13-4-6-14(21)7-5-13)24(20)11-15-3-2-10-27-15/h2-10H,11-12H2,1H3. The SMILES string of the molecule is COC(=O)c1ccc(CSc2nnc(-c3ccc(Cl)cc3)n2Cc2ccco2)o1. The summed E-state index contributed by atoms with van der Waals surface area (Å²) in [5.74, 6) is 2.27. The highest BCUT2D eigenvalue weighted by Crippen LogP contribution is 2.28. The Morgan fingerprint density at radius 3 is 2.69 bits per heavy atom. The predicted molar refractivity (Wildman–Crippen MR) is 108 cm³/mol. The van der Waals surface area contributed by atoms with Gasteiger partial charge < -0.3 is 13.6 Å². The number of nitrogens with zero attached hydrogens (tertiary/aromatic N) is 3. The number of aromatic nitrogens is 3. The Labute approximate surface area is 175 Å². The van der Waals surface area contributed by atoms with Crippen LogP contribution in [-0.4, -0.2) is 27.8 Å². The molecule has 0 bridgehead atoms. The molecular formula is C20H16ClN3O4S. The van der Waals surface area contributed by atoms with Crippen molar-refractivity contribution in [1.82, 2.24) is 14.8 Å². The number of benzene rings is 1. The molecule has 0 atom stereocenters. The lowest BCUT2D eigenvalue weighted by Gasteiger charge is -2.08. The van der Waals surface area contributed by atoms with Gasteiger partial charge >= 0.3 is 5.97 Å². The van der Waals surface area contributed by atoms with Crippen molar-refractivity contribution < 1.29 is 18.4 Å². The van der Waals surface area contributed by atoms with Crippen LogP contribution in [0.1, 0.15) is 22.1 Å². The van der Waals surface area contributed by atoms with Crippen molar-refractivity contribution in [3.05, 3.63) is 77.1 Å². The van der Waals surface area contributed by atoms with Crippen molar-refractivity contribution in [3.8, 4) is 11.4 Å². The first kappa shape index (κ1) is 19.4. The number of ether oxygens (including phenoxy) is 1. The number of methoxy groups -OCH3 is 1. The second-order valence-corrected chi connectivity index (χ2v) is 7.40. The third-order valence-electron chi connectivity index (χ3n) is 4.11. The van der Waals surface area contributed by atoms with Gasteiger partial charge in [-0.05, 0) is 48.5 Å². The maximum absolute atomic E-state index is 11.5. The molecular weight excluding hydrogens is 414 g/mol. The van der Waals surface area contributed by atoms with E-state index in [9.17, 15) is 4.79 Å². The Balaban J connectivity index is 1.59. The smallest absolute Gasteiger partial charge is 0.373 e. The van der Waals surface area contributed by atoms with Crippen molar-refractivity contribution in [3.63, 3.8) is 0 Å². The fourth-order valence-corrected chi connectivity index (χ4v) is 3.67. The minimum atomic E-state index is -0.507. The summed E-state index contributed by atoms with van der Waals surface area (Å²) >= 11 is 7.46. The average Bonchev–Trinajstić information content (AvgIpc) is 3.48. The fraction of sp³-hybridized carbons (Fsp3) is 0.150. The Morgan fingerprint density at radius 1 is 1.14 bits per heavy atom. The molecule has 3 aromatic heterocycles. The molecule has 29 heavy (non-hydrogen) atoms. The van der Waals surface area contributed by atoms with Gasteiger partial charge in [-0.2, -0.15) is 0 Å². The molecule has 0 unspecified atom stereocenters. The average molecular weight is 430 g/mol. The summed E-state index contributed by atoms with van der Waals surface area (Å²) in [6.45, 7) is 0.478. The minimum absolute atomic E-state index is 0.169. The Hall–Kier alpha value is -2.97. The predicted octanol–water partition coefficient (Wildman–Crippen LogP) is 4.91. The summed E-state index contributed by atoms with van der Waals surface area (Å²) in [6, 6.07) is 14.5. The van der Waals surface area contributed by atoms with Crippen molar-refractivity contribution in [1.29, 1.82) is 0 Å². The van der Waals surface area contributed by atoms with Crippen LogP contribution >= 0.6 is 23.4 Å². The van der Waals surface area contributed by atoms with Gasteiger partial charge in [0, 0.05) is 10.6 Å². The van der Waals surface area contributed by atoms with Crippen molar-refractivity contribution >= 4 is 29.3 Å². The van der Waals surface area contributed by atoms with Crippen molar-refractivity contribution in [2.24, 2.45) is 0 Å². The zero-order valence-corrected chi connectivity index (χ0v) is 16.9. The molecule has 0 amide bonds. The number of furan rings is 2. The molecule has 4 rings (SSSR count). The highest BCUT2D eigenvalue weighted by Gasteiger charge is 2.17. The van der Waals surface area contributed by atoms with E-state index in [1.165, 1.54) is 18.9 Å². The quantitative estimate of drug-likeness (QED) is 0.305. The molecule has 0 fully saturated rings. The van der Waals surface area contributed by atoms with Crippen LogP contribution in [0.3, 0.4) is 0 Å². The molecule has 0 aliphatic heterocycles. The van der Waals surface area contributed by atoms with Crippen LogP contribution in [0.4, 0.5) is 0 Å². The van der Waals surface area contributed by atoms with Gasteiger partial charge in [0.05, 0.1) is 25.7 Å². The van der Waals surface area contributed by atoms with E-state index in [0.29, 0.717) is 34.1 Å². The van der Waals surface area contributed by atoms with Crippen LogP contribution < -0.4 is 0 Å². The molecule has 7 nitrogen and oxygen atoms in total. The first-order chi connectivity index (χ1) is 14.1. The molecule has 0 spiro atoms. The van der Waals surface area contributed by atoms with E-state index in [1.54, 1.807) is 18.4 Å². The molecule has 0 saturated heterocycles. The molecule has 0 radical (unpaired) electrons. The summed E-state index contributed by atoms with van der Waals surface area (Å²) in [4.78, 5) is 11.5. The number of carbonyl (C=O) groups excluding carboxylic acids is 1. The number of thioether (sulfide) groups is 1. The number of rotatable bonds is 7. The summed E-state index contributed by atoms with van der Waals surface area (Å²) in [5.41, 5.74) is 0.895. The molecule has 9 heteroatoms. The zero-order valence-electron chi connectivity index (χ0n) is 15.4. The van der Waals surface area contributed by atoms with Gasteiger partial charge in [0.15, 0.2) is 11.0 Å². The minimum Gasteiger partial charge on any atom is -0.467 e. The molecule has 0 saturated carbocycles. The Kier molecular flexibility index (Phi) is 5.73. The zero-order chi connectivity index (χ0) is 20.2. The van der Waals surface area contributed by atoms with E-state index in [2.05, 4.69) is 14.9 Å². The Morgan fingerprint density at radius 2 is 1.97 bits per heavy atom. The number of hydrogen-bond donors (Lipinski definition) is 0. The topological polar surface area (TPSA) is 83.3 Å². The number of esters is 1. The lowest BCUT2D eigenvalue weighted by molar-refractivity contribution is 0.0563. The largest absolute Gasteiger partial charge is 0.467 e. The summed E-state index contributed by atoms with van der Waals surface area (Å²) < 4.78 is 17.7. The molecule has 1 aromatic carbocycles. The van der Waals surface area contributed by atoms with Crippen LogP contribution in [0.15, 0.2) is 68.8 Å². The van der Waals surface area contributed by atoms with Crippen LogP contribution in [0.2, 0.25) is 5.02 Å². The van der Waals surface area contributed by atoms with Gasteiger partial charge in [-0.25, -0.2) is 4.79 Å². The monoisotopic (exact) mass is 429 g/mol. The number of hydrogen-bond acceptors (Lipinski definition) is 7. The maximum atomic E-state index is 11.5. The van der Waals surface area contributed by atoms with Crippen molar-refractivity contribution in [2.45, 2.75) is 17.5 Å². The first-order valence-electron chi connectivity index (χ1n) is 8.65. The molecule has 3 heterocycles. The summed E-state index contributed by atoms with van der Waals surface area (Å²) in [6.07, 6.45) is 1.63. The molecule has 0 aliphatic rings. The molecule has 4 aromatic rings. The van der Waals surface area contributed by atoms with Gasteiger partial charge in [-0.15, -0.1) is 10.2 Å². The summed E-state index contributed by atoms with van der Waals surface area (Å²) in [5, 5.41) is 10.0. The van der Waals surface area contributed by atoms with E-state index in [1.807, 2.05) is 41.0 Å². The van der Waals surface area contributed by atoms with E-state index < -0.39 is 5.97 Å². The van der Waals surface area contributed by atoms with Crippen LogP contribution in [-0.2, 0) is 17.0 Å². The lowest BCUT2D eigenvalue weighted by Crippen LogP contribution is -2.03. The maximum Gasteiger partial charge on any atom is 0.373 e. The highest BCUT2D eigenvalue weighted by molar-refractivity contribution is 7.98. The number of carbonyl (C=O) groups is 1. The van der Waals surface area contributed by atoms with E-state index in [4.69, 9.17) is 20.4 Å². The normalized spacial score (nSPS) is 11.0. The molecule has 0 N–H and O–H groups in total. The van der Waals surface area contributed by atoms with E-state index >= 15 is 0 Å². The van der Waals surface area contributed by atoms with Crippen LogP contribution in [0.25, 0.3) is 11.4 Å². The third kappa shape index (κ3) is 4.38. The van der Waals surface area contributed by atoms with E-state index in [-0.39, 0.29) is 5.76 Å². The van der Waals surface area contributed by atoms with Crippen LogP contribution in [0.5, 0.6) is 0 Å². The van der Waals surface area contributed by atoms with Gasteiger partial charge in [0.1, 0.15) is 11.5 Å². The second kappa shape index (κ2) is 8.59. The van der Waals surface area contributed by atoms with Gasteiger partial charge in [-0.1, -0.05) is 23.4 Å².